The molecular weight excluding hydrogens is 281 g/mol. The van der Waals surface area contributed by atoms with Crippen LogP contribution in [0.4, 0.5) is 13.2 Å². The highest BCUT2D eigenvalue weighted by molar-refractivity contribution is 6.17. The van der Waals surface area contributed by atoms with Gasteiger partial charge in [-0.25, -0.2) is 18.0 Å². The monoisotopic (exact) mass is 294 g/mol. The van der Waals surface area contributed by atoms with E-state index in [-0.39, 0.29) is 6.61 Å². The fourth-order valence-corrected chi connectivity index (χ4v) is 1.67. The Morgan fingerprint density at radius 2 is 1.74 bits per heavy atom. The number of benzene rings is 1. The van der Waals surface area contributed by atoms with Gasteiger partial charge in [-0.05, 0) is 25.0 Å². The van der Waals surface area contributed by atoms with Crippen molar-refractivity contribution in [1.82, 2.24) is 0 Å². The molecule has 0 unspecified atom stereocenters. The molecule has 0 spiro atoms. The van der Waals surface area contributed by atoms with Crippen molar-refractivity contribution < 1.29 is 22.7 Å². The second-order valence-corrected chi connectivity index (χ2v) is 4.34. The summed E-state index contributed by atoms with van der Waals surface area (Å²) in [5.41, 5.74) is -0.598. The fourth-order valence-electron chi connectivity index (χ4n) is 1.48. The Bertz CT molecular complexity index is 438. The summed E-state index contributed by atoms with van der Waals surface area (Å²) in [5.74, 6) is -4.94. The average Bonchev–Trinajstić information content (AvgIpc) is 2.40. The van der Waals surface area contributed by atoms with Gasteiger partial charge < -0.3 is 4.74 Å². The van der Waals surface area contributed by atoms with Crippen molar-refractivity contribution in [3.63, 3.8) is 0 Å². The standard InChI is InChI=1S/C13H14ClF3O2/c14-7-3-1-2-4-8-19-13(18)9-5-6-10(15)12(17)11(9)16/h5-6H,1-4,7-8H2. The van der Waals surface area contributed by atoms with E-state index in [4.69, 9.17) is 16.3 Å². The van der Waals surface area contributed by atoms with E-state index < -0.39 is 29.0 Å². The quantitative estimate of drug-likeness (QED) is 0.328. The topological polar surface area (TPSA) is 26.3 Å². The number of carbonyl (C=O) groups is 1. The molecular formula is C13H14ClF3O2. The Morgan fingerprint density at radius 3 is 2.42 bits per heavy atom. The first-order valence-electron chi connectivity index (χ1n) is 5.94. The lowest BCUT2D eigenvalue weighted by atomic mass is 10.2. The Hall–Kier alpha value is -1.23. The zero-order chi connectivity index (χ0) is 14.3. The summed E-state index contributed by atoms with van der Waals surface area (Å²) in [4.78, 5) is 11.4. The first-order chi connectivity index (χ1) is 9.07. The van der Waals surface area contributed by atoms with Gasteiger partial charge in [-0.1, -0.05) is 12.8 Å². The van der Waals surface area contributed by atoms with E-state index in [9.17, 15) is 18.0 Å². The molecule has 0 heterocycles. The molecule has 0 fully saturated rings. The highest BCUT2D eigenvalue weighted by Crippen LogP contribution is 2.16. The van der Waals surface area contributed by atoms with Gasteiger partial charge in [0.15, 0.2) is 17.5 Å². The van der Waals surface area contributed by atoms with Gasteiger partial charge in [-0.2, -0.15) is 0 Å². The third-order valence-electron chi connectivity index (χ3n) is 2.52. The molecule has 0 radical (unpaired) electrons. The molecule has 0 amide bonds. The van der Waals surface area contributed by atoms with Crippen molar-refractivity contribution in [2.24, 2.45) is 0 Å². The molecule has 1 rings (SSSR count). The molecule has 2 nitrogen and oxygen atoms in total. The Morgan fingerprint density at radius 1 is 1.05 bits per heavy atom. The van der Waals surface area contributed by atoms with Crippen LogP contribution in [-0.4, -0.2) is 18.5 Å². The third-order valence-corrected chi connectivity index (χ3v) is 2.78. The molecule has 0 aliphatic rings. The van der Waals surface area contributed by atoms with Gasteiger partial charge in [0.1, 0.15) is 0 Å². The maximum atomic E-state index is 13.3. The molecule has 106 valence electrons. The minimum absolute atomic E-state index is 0.111. The van der Waals surface area contributed by atoms with Gasteiger partial charge in [0.25, 0.3) is 0 Å². The Labute approximate surface area is 114 Å². The van der Waals surface area contributed by atoms with E-state index >= 15 is 0 Å². The fraction of sp³-hybridized carbons (Fsp3) is 0.462. The highest BCUT2D eigenvalue weighted by Gasteiger charge is 2.19. The van der Waals surface area contributed by atoms with Gasteiger partial charge >= 0.3 is 5.97 Å². The van der Waals surface area contributed by atoms with E-state index in [1.54, 1.807) is 0 Å². The molecule has 0 atom stereocenters. The van der Waals surface area contributed by atoms with Crippen molar-refractivity contribution in [2.75, 3.05) is 12.5 Å². The molecule has 0 saturated carbocycles. The largest absolute Gasteiger partial charge is 0.462 e. The van der Waals surface area contributed by atoms with E-state index in [0.717, 1.165) is 25.3 Å². The van der Waals surface area contributed by atoms with Crippen LogP contribution >= 0.6 is 11.6 Å². The number of carbonyl (C=O) groups excluding carboxylic acids is 1. The first kappa shape index (κ1) is 15.8. The molecule has 19 heavy (non-hydrogen) atoms. The second kappa shape index (κ2) is 8.04. The van der Waals surface area contributed by atoms with Gasteiger partial charge in [0.05, 0.1) is 12.2 Å². The summed E-state index contributed by atoms with van der Waals surface area (Å²) >= 11 is 5.50. The zero-order valence-corrected chi connectivity index (χ0v) is 11.0. The Kier molecular flexibility index (Phi) is 6.70. The molecule has 0 aliphatic carbocycles. The summed E-state index contributed by atoms with van der Waals surface area (Å²) in [7, 11) is 0. The van der Waals surface area contributed by atoms with E-state index in [1.807, 2.05) is 0 Å². The zero-order valence-electron chi connectivity index (χ0n) is 10.2. The predicted octanol–water partition coefficient (Wildman–Crippen LogP) is 4.06. The van der Waals surface area contributed by atoms with Gasteiger partial charge in [0.2, 0.25) is 0 Å². The van der Waals surface area contributed by atoms with Crippen LogP contribution < -0.4 is 0 Å². The maximum Gasteiger partial charge on any atom is 0.341 e. The lowest BCUT2D eigenvalue weighted by Crippen LogP contribution is -2.10. The molecule has 0 saturated heterocycles. The van der Waals surface area contributed by atoms with Crippen LogP contribution in [0.1, 0.15) is 36.0 Å². The lowest BCUT2D eigenvalue weighted by molar-refractivity contribution is 0.0491. The SMILES string of the molecule is O=C(OCCCCCCCl)c1ccc(F)c(F)c1F. The van der Waals surface area contributed by atoms with Crippen LogP contribution in [0.3, 0.4) is 0 Å². The maximum absolute atomic E-state index is 13.3. The number of rotatable bonds is 7. The molecule has 1 aromatic rings. The number of hydrogen-bond donors (Lipinski definition) is 0. The summed E-state index contributed by atoms with van der Waals surface area (Å²) in [6, 6.07) is 1.55. The van der Waals surface area contributed by atoms with Gasteiger partial charge in [-0.15, -0.1) is 11.6 Å². The van der Waals surface area contributed by atoms with E-state index in [0.29, 0.717) is 18.4 Å². The third kappa shape index (κ3) is 4.74. The van der Waals surface area contributed by atoms with Crippen LogP contribution in [0, 0.1) is 17.5 Å². The minimum Gasteiger partial charge on any atom is -0.462 e. The average molecular weight is 295 g/mol. The summed E-state index contributed by atoms with van der Waals surface area (Å²) in [6.45, 7) is 0.111. The lowest BCUT2D eigenvalue weighted by Gasteiger charge is -2.06. The number of unbranched alkanes of at least 4 members (excludes halogenated alkanes) is 3. The molecule has 0 aromatic heterocycles. The summed E-state index contributed by atoms with van der Waals surface area (Å²) in [6.07, 6.45) is 3.25. The van der Waals surface area contributed by atoms with Crippen LogP contribution in [0.25, 0.3) is 0 Å². The van der Waals surface area contributed by atoms with Crippen LogP contribution in [0.15, 0.2) is 12.1 Å². The normalized spacial score (nSPS) is 10.5. The number of ether oxygens (including phenoxy) is 1. The van der Waals surface area contributed by atoms with Crippen molar-refractivity contribution in [1.29, 1.82) is 0 Å². The second-order valence-electron chi connectivity index (χ2n) is 3.96. The summed E-state index contributed by atoms with van der Waals surface area (Å²) < 4.78 is 43.6. The molecule has 6 heteroatoms. The van der Waals surface area contributed by atoms with Crippen LogP contribution in [-0.2, 0) is 4.74 Å². The number of esters is 1. The Balaban J connectivity index is 2.44. The van der Waals surface area contributed by atoms with E-state index in [1.165, 1.54) is 0 Å². The molecule has 0 bridgehead atoms. The molecule has 1 aromatic carbocycles. The van der Waals surface area contributed by atoms with Gasteiger partial charge in [0, 0.05) is 5.88 Å². The number of alkyl halides is 1. The predicted molar refractivity (Wildman–Crippen MR) is 65.8 cm³/mol. The highest BCUT2D eigenvalue weighted by atomic mass is 35.5. The summed E-state index contributed by atoms with van der Waals surface area (Å²) in [5, 5.41) is 0. The van der Waals surface area contributed by atoms with Crippen molar-refractivity contribution >= 4 is 17.6 Å². The molecule has 0 N–H and O–H groups in total. The smallest absolute Gasteiger partial charge is 0.341 e. The first-order valence-corrected chi connectivity index (χ1v) is 6.48. The van der Waals surface area contributed by atoms with Crippen molar-refractivity contribution in [2.45, 2.75) is 25.7 Å². The number of halogens is 4. The van der Waals surface area contributed by atoms with Crippen molar-refractivity contribution in [3.8, 4) is 0 Å². The minimum atomic E-state index is -1.67. The van der Waals surface area contributed by atoms with Gasteiger partial charge in [-0.3, -0.25) is 0 Å². The van der Waals surface area contributed by atoms with Crippen LogP contribution in [0.5, 0.6) is 0 Å². The molecule has 0 aliphatic heterocycles. The number of hydrogen-bond acceptors (Lipinski definition) is 2. The van der Waals surface area contributed by atoms with Crippen molar-refractivity contribution in [3.05, 3.63) is 35.1 Å². The van der Waals surface area contributed by atoms with Crippen LogP contribution in [0.2, 0.25) is 0 Å². The van der Waals surface area contributed by atoms with E-state index in [2.05, 4.69) is 0 Å².